The molecule has 0 bridgehead atoms. The SMILES string of the molecule is CCCNCC1CCN(C)C1c1c(C)cc(C)cc1C. The van der Waals surface area contributed by atoms with Gasteiger partial charge in [0.05, 0.1) is 0 Å². The van der Waals surface area contributed by atoms with Crippen LogP contribution in [-0.2, 0) is 0 Å². The van der Waals surface area contributed by atoms with Gasteiger partial charge in [-0.05, 0) is 82.9 Å². The molecule has 112 valence electrons. The first kappa shape index (κ1) is 15.5. The fourth-order valence-corrected chi connectivity index (χ4v) is 3.82. The summed E-state index contributed by atoms with van der Waals surface area (Å²) in [7, 11) is 2.28. The number of benzene rings is 1. The van der Waals surface area contributed by atoms with E-state index in [-0.39, 0.29) is 0 Å². The zero-order chi connectivity index (χ0) is 14.7. The molecule has 1 fully saturated rings. The quantitative estimate of drug-likeness (QED) is 0.825. The van der Waals surface area contributed by atoms with Crippen LogP contribution in [0.2, 0.25) is 0 Å². The lowest BCUT2D eigenvalue weighted by atomic mass is 9.87. The Labute approximate surface area is 124 Å². The normalized spacial score (nSPS) is 23.4. The lowest BCUT2D eigenvalue weighted by Crippen LogP contribution is -2.29. The molecule has 0 aromatic heterocycles. The summed E-state index contributed by atoms with van der Waals surface area (Å²) in [6.45, 7) is 12.5. The van der Waals surface area contributed by atoms with E-state index in [0.29, 0.717) is 6.04 Å². The average Bonchev–Trinajstić information content (AvgIpc) is 2.71. The summed E-state index contributed by atoms with van der Waals surface area (Å²) in [6, 6.07) is 5.26. The summed E-state index contributed by atoms with van der Waals surface area (Å²) in [4.78, 5) is 2.54. The fourth-order valence-electron chi connectivity index (χ4n) is 3.82. The first-order valence-electron chi connectivity index (χ1n) is 8.03. The topological polar surface area (TPSA) is 15.3 Å². The highest BCUT2D eigenvalue weighted by molar-refractivity contribution is 5.40. The van der Waals surface area contributed by atoms with Crippen molar-refractivity contribution in [1.29, 1.82) is 0 Å². The van der Waals surface area contributed by atoms with Crippen LogP contribution < -0.4 is 5.32 Å². The van der Waals surface area contributed by atoms with Gasteiger partial charge in [-0.2, -0.15) is 0 Å². The Balaban J connectivity index is 2.24. The van der Waals surface area contributed by atoms with E-state index < -0.39 is 0 Å². The van der Waals surface area contributed by atoms with E-state index in [4.69, 9.17) is 0 Å². The van der Waals surface area contributed by atoms with Crippen LogP contribution in [0.4, 0.5) is 0 Å². The van der Waals surface area contributed by atoms with Crippen LogP contribution in [0.25, 0.3) is 0 Å². The van der Waals surface area contributed by atoms with E-state index >= 15 is 0 Å². The monoisotopic (exact) mass is 274 g/mol. The molecular weight excluding hydrogens is 244 g/mol. The van der Waals surface area contributed by atoms with E-state index in [0.717, 1.165) is 19.0 Å². The number of nitrogens with zero attached hydrogens (tertiary/aromatic N) is 1. The average molecular weight is 274 g/mol. The van der Waals surface area contributed by atoms with Crippen LogP contribution in [0.5, 0.6) is 0 Å². The Morgan fingerprint density at radius 3 is 2.45 bits per heavy atom. The molecule has 0 spiro atoms. The second kappa shape index (κ2) is 6.73. The summed E-state index contributed by atoms with van der Waals surface area (Å²) in [5.74, 6) is 0.742. The van der Waals surface area contributed by atoms with Crippen LogP contribution in [0.1, 0.15) is 48.1 Å². The molecule has 1 N–H and O–H groups in total. The van der Waals surface area contributed by atoms with E-state index in [9.17, 15) is 0 Å². The van der Waals surface area contributed by atoms with Crippen molar-refractivity contribution in [2.75, 3.05) is 26.7 Å². The van der Waals surface area contributed by atoms with Gasteiger partial charge in [-0.25, -0.2) is 0 Å². The largest absolute Gasteiger partial charge is 0.316 e. The molecule has 1 aliphatic rings. The maximum absolute atomic E-state index is 3.62. The van der Waals surface area contributed by atoms with Crippen molar-refractivity contribution < 1.29 is 0 Å². The molecule has 1 aromatic rings. The third kappa shape index (κ3) is 3.24. The van der Waals surface area contributed by atoms with Gasteiger partial charge < -0.3 is 5.32 Å². The van der Waals surface area contributed by atoms with Gasteiger partial charge in [0.25, 0.3) is 0 Å². The van der Waals surface area contributed by atoms with Crippen LogP contribution in [-0.4, -0.2) is 31.6 Å². The molecule has 1 aromatic carbocycles. The molecule has 2 heteroatoms. The molecule has 0 radical (unpaired) electrons. The Morgan fingerprint density at radius 1 is 1.20 bits per heavy atom. The molecule has 1 saturated heterocycles. The van der Waals surface area contributed by atoms with Gasteiger partial charge in [0.2, 0.25) is 0 Å². The van der Waals surface area contributed by atoms with Crippen LogP contribution in [0.3, 0.4) is 0 Å². The van der Waals surface area contributed by atoms with Gasteiger partial charge in [-0.15, -0.1) is 0 Å². The van der Waals surface area contributed by atoms with Gasteiger partial charge in [-0.1, -0.05) is 24.6 Å². The highest BCUT2D eigenvalue weighted by atomic mass is 15.2. The Kier molecular flexibility index (Phi) is 5.22. The number of hydrogen-bond donors (Lipinski definition) is 1. The number of nitrogens with one attached hydrogen (secondary N) is 1. The lowest BCUT2D eigenvalue weighted by Gasteiger charge is -2.29. The van der Waals surface area contributed by atoms with Gasteiger partial charge in [0, 0.05) is 6.04 Å². The summed E-state index contributed by atoms with van der Waals surface area (Å²) < 4.78 is 0. The first-order valence-corrected chi connectivity index (χ1v) is 8.03. The number of likely N-dealkylation sites (tertiary alicyclic amines) is 1. The molecule has 20 heavy (non-hydrogen) atoms. The summed E-state index contributed by atoms with van der Waals surface area (Å²) in [5, 5.41) is 3.62. The second-order valence-corrected chi connectivity index (χ2v) is 6.49. The highest BCUT2D eigenvalue weighted by Crippen LogP contribution is 2.39. The van der Waals surface area contributed by atoms with Crippen molar-refractivity contribution in [1.82, 2.24) is 10.2 Å². The second-order valence-electron chi connectivity index (χ2n) is 6.49. The molecule has 0 saturated carbocycles. The molecule has 1 aliphatic heterocycles. The van der Waals surface area contributed by atoms with Crippen LogP contribution in [0, 0.1) is 26.7 Å². The predicted molar refractivity (Wildman–Crippen MR) is 87.3 cm³/mol. The molecular formula is C18H30N2. The maximum atomic E-state index is 3.62. The molecule has 2 atom stereocenters. The third-order valence-corrected chi connectivity index (χ3v) is 4.64. The minimum absolute atomic E-state index is 0.583. The summed E-state index contributed by atoms with van der Waals surface area (Å²) in [6.07, 6.45) is 2.53. The van der Waals surface area contributed by atoms with E-state index in [1.165, 1.54) is 36.1 Å². The summed E-state index contributed by atoms with van der Waals surface area (Å²) >= 11 is 0. The minimum Gasteiger partial charge on any atom is -0.316 e. The smallest absolute Gasteiger partial charge is 0.0391 e. The molecule has 1 heterocycles. The molecule has 0 aliphatic carbocycles. The number of aryl methyl sites for hydroxylation is 3. The maximum Gasteiger partial charge on any atom is 0.0391 e. The van der Waals surface area contributed by atoms with Crippen LogP contribution in [0.15, 0.2) is 12.1 Å². The molecule has 0 amide bonds. The van der Waals surface area contributed by atoms with Crippen molar-refractivity contribution in [3.05, 3.63) is 34.4 Å². The van der Waals surface area contributed by atoms with Crippen molar-refractivity contribution in [3.63, 3.8) is 0 Å². The van der Waals surface area contributed by atoms with Gasteiger partial charge in [0.1, 0.15) is 0 Å². The Morgan fingerprint density at radius 2 is 1.85 bits per heavy atom. The molecule has 2 rings (SSSR count). The number of rotatable bonds is 5. The first-order chi connectivity index (χ1) is 9.54. The van der Waals surface area contributed by atoms with Crippen molar-refractivity contribution in [2.24, 2.45) is 5.92 Å². The van der Waals surface area contributed by atoms with Gasteiger partial charge in [0.15, 0.2) is 0 Å². The van der Waals surface area contributed by atoms with Gasteiger partial charge in [-0.3, -0.25) is 4.90 Å². The predicted octanol–water partition coefficient (Wildman–Crippen LogP) is 3.60. The lowest BCUT2D eigenvalue weighted by molar-refractivity contribution is 0.270. The molecule has 2 unspecified atom stereocenters. The van der Waals surface area contributed by atoms with Gasteiger partial charge >= 0.3 is 0 Å². The third-order valence-electron chi connectivity index (χ3n) is 4.64. The zero-order valence-electron chi connectivity index (χ0n) is 13.8. The summed E-state index contributed by atoms with van der Waals surface area (Å²) in [5.41, 5.74) is 5.87. The Hall–Kier alpha value is -0.860. The van der Waals surface area contributed by atoms with E-state index in [1.54, 1.807) is 5.56 Å². The van der Waals surface area contributed by atoms with Crippen molar-refractivity contribution in [2.45, 2.75) is 46.6 Å². The van der Waals surface area contributed by atoms with Crippen LogP contribution >= 0.6 is 0 Å². The fraction of sp³-hybridized carbons (Fsp3) is 0.667. The highest BCUT2D eigenvalue weighted by Gasteiger charge is 2.34. The van der Waals surface area contributed by atoms with Crippen molar-refractivity contribution >= 4 is 0 Å². The van der Waals surface area contributed by atoms with Crippen molar-refractivity contribution in [3.8, 4) is 0 Å². The molecule has 2 nitrogen and oxygen atoms in total. The minimum atomic E-state index is 0.583. The van der Waals surface area contributed by atoms with E-state index in [2.05, 4.69) is 57.1 Å². The zero-order valence-corrected chi connectivity index (χ0v) is 13.8. The Bertz CT molecular complexity index is 430. The van der Waals surface area contributed by atoms with E-state index in [1.807, 2.05) is 0 Å². The number of hydrogen-bond acceptors (Lipinski definition) is 2. The standard InChI is InChI=1S/C18H30N2/c1-6-8-19-12-16-7-9-20(5)18(16)17-14(3)10-13(2)11-15(17)4/h10-11,16,18-19H,6-9,12H2,1-5H3.